The molecule has 2 aliphatic heterocycles. The summed E-state index contributed by atoms with van der Waals surface area (Å²) in [6.07, 6.45) is 6.25. The van der Waals surface area contributed by atoms with Gasteiger partial charge in [-0.2, -0.15) is 0 Å². The minimum Gasteiger partial charge on any atom is -0.444 e. The summed E-state index contributed by atoms with van der Waals surface area (Å²) < 4.78 is 11.1. The highest BCUT2D eigenvalue weighted by Gasteiger charge is 2.49. The van der Waals surface area contributed by atoms with Crippen LogP contribution in [0.1, 0.15) is 66.6 Å². The van der Waals surface area contributed by atoms with Crippen molar-refractivity contribution in [1.82, 2.24) is 24.8 Å². The zero-order chi connectivity index (χ0) is 34.2. The number of rotatable bonds is 6. The molecule has 2 aromatic heterocycles. The zero-order valence-corrected chi connectivity index (χ0v) is 28.9. The smallest absolute Gasteiger partial charge is 0.411 e. The summed E-state index contributed by atoms with van der Waals surface area (Å²) in [5, 5.41) is 13.6. The van der Waals surface area contributed by atoms with E-state index >= 15 is 0 Å². The van der Waals surface area contributed by atoms with Crippen LogP contribution in [-0.2, 0) is 19.1 Å². The third-order valence-electron chi connectivity index (χ3n) is 8.09. The second-order valence-corrected chi connectivity index (χ2v) is 15.1. The Labute approximate surface area is 279 Å². The van der Waals surface area contributed by atoms with Crippen molar-refractivity contribution < 1.29 is 29.0 Å². The second kappa shape index (κ2) is 12.8. The molecule has 1 aromatic carbocycles. The second-order valence-electron chi connectivity index (χ2n) is 14.0. The topological polar surface area (TPSA) is 150 Å². The molecular formula is C34H44N6O6S. The van der Waals surface area contributed by atoms with Crippen molar-refractivity contribution in [2.45, 2.75) is 82.5 Å². The van der Waals surface area contributed by atoms with Crippen LogP contribution in [0.15, 0.2) is 48.8 Å². The standard InChI is InChI=1S/C34H44N6O6S/c1-31(2,3)45-29(42)39-18-16-33(44,21-39)28(41)38-26-14-13-24(19-35-26)22-9-11-23(12-10-22)25-20-36-27(37-25)34(47-7)15-8-17-40(34)30(43)46-32(4,5)6/h9-14,19-20,44H,8,15-18,21H2,1-7H3,(H,36,37)(H,35,38,41). The number of amides is 3. The fourth-order valence-electron chi connectivity index (χ4n) is 5.74. The highest BCUT2D eigenvalue weighted by atomic mass is 32.2. The van der Waals surface area contributed by atoms with Gasteiger partial charge in [0.1, 0.15) is 27.7 Å². The largest absolute Gasteiger partial charge is 0.444 e. The molecule has 13 heteroatoms. The lowest BCUT2D eigenvalue weighted by molar-refractivity contribution is -0.132. The molecule has 0 bridgehead atoms. The average Bonchev–Trinajstić information content (AvgIpc) is 3.75. The molecular weight excluding hydrogens is 620 g/mol. The van der Waals surface area contributed by atoms with Crippen LogP contribution in [0.2, 0.25) is 0 Å². The summed E-state index contributed by atoms with van der Waals surface area (Å²) in [4.78, 5) is 53.4. The number of H-pyrrole nitrogens is 1. The van der Waals surface area contributed by atoms with Crippen LogP contribution >= 0.6 is 11.8 Å². The summed E-state index contributed by atoms with van der Waals surface area (Å²) in [7, 11) is 0. The van der Waals surface area contributed by atoms with Gasteiger partial charge < -0.3 is 29.8 Å². The first-order valence-electron chi connectivity index (χ1n) is 15.7. The van der Waals surface area contributed by atoms with Crippen molar-refractivity contribution in [2.75, 3.05) is 31.2 Å². The molecule has 0 aliphatic carbocycles. The first kappa shape index (κ1) is 34.2. The number of aromatic nitrogens is 3. The fraction of sp³-hybridized carbons (Fsp3) is 0.500. The predicted octanol–water partition coefficient (Wildman–Crippen LogP) is 6.00. The number of pyridine rings is 1. The van der Waals surface area contributed by atoms with Crippen molar-refractivity contribution in [3.8, 4) is 22.4 Å². The van der Waals surface area contributed by atoms with Crippen molar-refractivity contribution in [3.63, 3.8) is 0 Å². The van der Waals surface area contributed by atoms with Gasteiger partial charge in [-0.05, 0) is 83.9 Å². The maximum absolute atomic E-state index is 13.1. The molecule has 3 aromatic rings. The number of carbonyl (C=O) groups is 3. The number of β-amino-alcohol motifs (C(OH)–C–C–N with tert-alkyl or cyclic N) is 1. The quantitative estimate of drug-likeness (QED) is 0.289. The molecule has 2 fully saturated rings. The highest BCUT2D eigenvalue weighted by Crippen LogP contribution is 2.46. The van der Waals surface area contributed by atoms with E-state index in [0.717, 1.165) is 35.2 Å². The van der Waals surface area contributed by atoms with E-state index in [2.05, 4.69) is 15.3 Å². The molecule has 0 radical (unpaired) electrons. The Morgan fingerprint density at radius 3 is 2.13 bits per heavy atom. The van der Waals surface area contributed by atoms with Gasteiger partial charge >= 0.3 is 12.2 Å². The van der Waals surface area contributed by atoms with E-state index in [1.54, 1.807) is 55.9 Å². The molecule has 252 valence electrons. The van der Waals surface area contributed by atoms with E-state index in [9.17, 15) is 19.5 Å². The SMILES string of the molecule is CSC1(c2ncc(-c3ccc(-c4ccc(NC(=O)C5(O)CCN(C(=O)OC(C)(C)C)C5)nc4)cc3)[nH]2)CCCN1C(=O)OC(C)(C)C. The number of carbonyl (C=O) groups excluding carboxylic acids is 3. The lowest BCUT2D eigenvalue weighted by atomic mass is 10.0. The van der Waals surface area contributed by atoms with E-state index in [4.69, 9.17) is 14.5 Å². The van der Waals surface area contributed by atoms with Gasteiger partial charge in [0, 0.05) is 31.3 Å². The molecule has 47 heavy (non-hydrogen) atoms. The lowest BCUT2D eigenvalue weighted by Crippen LogP contribution is -2.46. The Morgan fingerprint density at radius 2 is 1.51 bits per heavy atom. The molecule has 5 rings (SSSR count). The minimum absolute atomic E-state index is 0.0978. The number of hydrogen-bond acceptors (Lipinski definition) is 9. The molecule has 0 spiro atoms. The van der Waals surface area contributed by atoms with Crippen LogP contribution < -0.4 is 5.32 Å². The molecule has 2 aliphatic rings. The number of aliphatic hydroxyl groups is 1. The zero-order valence-electron chi connectivity index (χ0n) is 28.0. The Morgan fingerprint density at radius 1 is 0.872 bits per heavy atom. The van der Waals surface area contributed by atoms with Crippen molar-refractivity contribution in [3.05, 3.63) is 54.6 Å². The number of likely N-dealkylation sites (tertiary alicyclic amines) is 2. The third-order valence-corrected chi connectivity index (χ3v) is 9.38. The molecule has 2 atom stereocenters. The number of aromatic amines is 1. The Bertz CT molecular complexity index is 1610. The Hall–Kier alpha value is -4.10. The summed E-state index contributed by atoms with van der Waals surface area (Å²) in [6.45, 7) is 11.5. The summed E-state index contributed by atoms with van der Waals surface area (Å²) in [5.41, 5.74) is 0.545. The van der Waals surface area contributed by atoms with Crippen LogP contribution in [0.4, 0.5) is 15.4 Å². The summed E-state index contributed by atoms with van der Waals surface area (Å²) in [5.74, 6) is 0.385. The van der Waals surface area contributed by atoms with Gasteiger partial charge in [0.15, 0.2) is 5.60 Å². The van der Waals surface area contributed by atoms with E-state index in [0.29, 0.717) is 18.2 Å². The van der Waals surface area contributed by atoms with Gasteiger partial charge in [-0.25, -0.2) is 19.6 Å². The molecule has 2 unspecified atom stereocenters. The molecule has 4 heterocycles. The van der Waals surface area contributed by atoms with Crippen molar-refractivity contribution in [1.29, 1.82) is 0 Å². The number of nitrogens with one attached hydrogen (secondary N) is 2. The molecule has 12 nitrogen and oxygen atoms in total. The predicted molar refractivity (Wildman–Crippen MR) is 181 cm³/mol. The minimum atomic E-state index is -1.74. The van der Waals surface area contributed by atoms with Gasteiger partial charge in [0.05, 0.1) is 18.4 Å². The van der Waals surface area contributed by atoms with E-state index in [1.165, 1.54) is 4.90 Å². The maximum Gasteiger partial charge on any atom is 0.411 e. The number of thioether (sulfide) groups is 1. The van der Waals surface area contributed by atoms with Crippen LogP contribution in [0.25, 0.3) is 22.4 Å². The van der Waals surface area contributed by atoms with E-state index in [1.807, 2.05) is 57.4 Å². The first-order chi connectivity index (χ1) is 22.0. The fourth-order valence-corrected chi connectivity index (χ4v) is 6.78. The van der Waals surface area contributed by atoms with Crippen molar-refractivity contribution >= 4 is 35.7 Å². The molecule has 0 saturated carbocycles. The Kier molecular flexibility index (Phi) is 9.35. The number of ether oxygens (including phenoxy) is 2. The first-order valence-corrected chi connectivity index (χ1v) is 16.9. The summed E-state index contributed by atoms with van der Waals surface area (Å²) >= 11 is 1.58. The van der Waals surface area contributed by atoms with Gasteiger partial charge in [-0.1, -0.05) is 24.3 Å². The number of hydrogen-bond donors (Lipinski definition) is 3. The maximum atomic E-state index is 13.1. The van der Waals surface area contributed by atoms with Gasteiger partial charge in [0.25, 0.3) is 5.91 Å². The third kappa shape index (κ3) is 7.57. The van der Waals surface area contributed by atoms with E-state index < -0.39 is 33.7 Å². The van der Waals surface area contributed by atoms with Crippen LogP contribution in [0.5, 0.6) is 0 Å². The van der Waals surface area contributed by atoms with Crippen molar-refractivity contribution in [2.24, 2.45) is 0 Å². The molecule has 3 amide bonds. The Balaban J connectivity index is 1.23. The van der Waals surface area contributed by atoms with Gasteiger partial charge in [-0.3, -0.25) is 9.69 Å². The number of anilines is 1. The number of imidazole rings is 1. The van der Waals surface area contributed by atoms with E-state index in [-0.39, 0.29) is 25.6 Å². The monoisotopic (exact) mass is 664 g/mol. The average molecular weight is 665 g/mol. The van der Waals surface area contributed by atoms with Crippen LogP contribution in [0, 0.1) is 0 Å². The summed E-state index contributed by atoms with van der Waals surface area (Å²) in [6, 6.07) is 11.4. The van der Waals surface area contributed by atoms with Crippen LogP contribution in [0.3, 0.4) is 0 Å². The van der Waals surface area contributed by atoms with Gasteiger partial charge in [-0.15, -0.1) is 11.8 Å². The normalized spacial score (nSPS) is 21.5. The number of nitrogens with zero attached hydrogens (tertiary/aromatic N) is 4. The lowest BCUT2D eigenvalue weighted by Gasteiger charge is -2.36. The highest BCUT2D eigenvalue weighted by molar-refractivity contribution is 7.99. The van der Waals surface area contributed by atoms with Crippen LogP contribution in [-0.4, -0.2) is 90.6 Å². The van der Waals surface area contributed by atoms with Gasteiger partial charge in [0.2, 0.25) is 0 Å². The number of benzene rings is 1. The molecule has 3 N–H and O–H groups in total. The molecule has 2 saturated heterocycles.